The molecule has 0 amide bonds. The third-order valence-corrected chi connectivity index (χ3v) is 3.94. The molecule has 0 saturated heterocycles. The molecule has 0 spiro atoms. The van der Waals surface area contributed by atoms with E-state index in [1.807, 2.05) is 13.0 Å². The predicted octanol–water partition coefficient (Wildman–Crippen LogP) is 3.84. The Morgan fingerprint density at radius 3 is 2.32 bits per heavy atom. The van der Waals surface area contributed by atoms with Crippen LogP contribution in [0.3, 0.4) is 0 Å². The largest absolute Gasteiger partial charge is 0.496 e. The summed E-state index contributed by atoms with van der Waals surface area (Å²) in [5.74, 6) is -2.68. The minimum Gasteiger partial charge on any atom is -0.496 e. The lowest BCUT2D eigenvalue weighted by Crippen LogP contribution is -2.34. The molecule has 0 unspecified atom stereocenters. The molecule has 0 bridgehead atoms. The van der Waals surface area contributed by atoms with Gasteiger partial charge in [-0.25, -0.2) is 8.78 Å². The molecule has 1 saturated carbocycles. The fourth-order valence-corrected chi connectivity index (χ4v) is 2.96. The molecule has 4 heteroatoms. The molecule has 2 nitrogen and oxygen atoms in total. The van der Waals surface area contributed by atoms with Crippen LogP contribution in [-0.4, -0.2) is 7.11 Å². The molecule has 0 heterocycles. The van der Waals surface area contributed by atoms with E-state index in [2.05, 4.69) is 0 Å². The first kappa shape index (κ1) is 14.3. The summed E-state index contributed by atoms with van der Waals surface area (Å²) in [5, 5.41) is 0. The lowest BCUT2D eigenvalue weighted by Gasteiger charge is -2.29. The normalized spacial score (nSPS) is 18.6. The van der Waals surface area contributed by atoms with E-state index in [0.29, 0.717) is 0 Å². The van der Waals surface area contributed by atoms with Crippen LogP contribution in [0.1, 0.15) is 49.3 Å². The number of ether oxygens (including phenoxy) is 1. The Morgan fingerprint density at radius 2 is 1.84 bits per heavy atom. The molecule has 1 aromatic carbocycles. The number of aryl methyl sites for hydroxylation is 1. The summed E-state index contributed by atoms with van der Waals surface area (Å²) < 4.78 is 32.8. The molecule has 1 aromatic rings. The van der Waals surface area contributed by atoms with Gasteiger partial charge in [-0.1, -0.05) is 24.5 Å². The molecule has 0 aromatic heterocycles. The molecule has 1 aliphatic carbocycles. The molecule has 0 radical (unpaired) electrons. The van der Waals surface area contributed by atoms with Gasteiger partial charge in [0.2, 0.25) is 0 Å². The van der Waals surface area contributed by atoms with E-state index in [9.17, 15) is 8.78 Å². The molecule has 2 rings (SSSR count). The standard InChI is InChI=1S/C15H21F2NO/c1-10-8-11(14(2,16)17)13(19-3)12(9-10)15(18)6-4-5-7-15/h8-9H,4-7,18H2,1-3H3. The Hall–Kier alpha value is -1.16. The molecule has 1 aliphatic rings. The summed E-state index contributed by atoms with van der Waals surface area (Å²) in [6, 6.07) is 3.38. The zero-order valence-electron chi connectivity index (χ0n) is 11.7. The summed E-state index contributed by atoms with van der Waals surface area (Å²) in [4.78, 5) is 0. The summed E-state index contributed by atoms with van der Waals surface area (Å²) in [7, 11) is 1.43. The second-order valence-electron chi connectivity index (χ2n) is 5.64. The fraction of sp³-hybridized carbons (Fsp3) is 0.600. The Morgan fingerprint density at radius 1 is 1.26 bits per heavy atom. The number of benzene rings is 1. The van der Waals surface area contributed by atoms with Crippen molar-refractivity contribution in [2.75, 3.05) is 7.11 Å². The Bertz CT molecular complexity index is 474. The number of rotatable bonds is 3. The molecule has 1 fully saturated rings. The van der Waals surface area contributed by atoms with Crippen molar-refractivity contribution < 1.29 is 13.5 Å². The minimum atomic E-state index is -2.93. The van der Waals surface area contributed by atoms with Gasteiger partial charge in [0.15, 0.2) is 0 Å². The van der Waals surface area contributed by atoms with Crippen LogP contribution in [0.4, 0.5) is 8.78 Å². The number of nitrogens with two attached hydrogens (primary N) is 1. The maximum Gasteiger partial charge on any atom is 0.274 e. The fourth-order valence-electron chi connectivity index (χ4n) is 2.96. The molecule has 2 N–H and O–H groups in total. The third-order valence-electron chi connectivity index (χ3n) is 3.94. The second-order valence-corrected chi connectivity index (χ2v) is 5.64. The Kier molecular flexibility index (Phi) is 3.56. The topological polar surface area (TPSA) is 35.2 Å². The average Bonchev–Trinajstić information content (AvgIpc) is 2.75. The maximum absolute atomic E-state index is 13.8. The number of alkyl halides is 2. The number of hydrogen-bond donors (Lipinski definition) is 1. The Balaban J connectivity index is 2.63. The van der Waals surface area contributed by atoms with Crippen molar-refractivity contribution in [3.8, 4) is 5.75 Å². The van der Waals surface area contributed by atoms with Crippen molar-refractivity contribution in [1.82, 2.24) is 0 Å². The summed E-state index contributed by atoms with van der Waals surface area (Å²) >= 11 is 0. The first-order valence-electron chi connectivity index (χ1n) is 6.64. The van der Waals surface area contributed by atoms with Crippen LogP contribution in [0, 0.1) is 6.92 Å². The lowest BCUT2D eigenvalue weighted by atomic mass is 9.85. The zero-order valence-corrected chi connectivity index (χ0v) is 11.7. The van der Waals surface area contributed by atoms with Gasteiger partial charge in [0, 0.05) is 18.0 Å². The number of methoxy groups -OCH3 is 1. The van der Waals surface area contributed by atoms with E-state index in [4.69, 9.17) is 10.5 Å². The molecular weight excluding hydrogens is 248 g/mol. The van der Waals surface area contributed by atoms with E-state index in [0.717, 1.165) is 43.7 Å². The van der Waals surface area contributed by atoms with Crippen LogP contribution in [0.5, 0.6) is 5.75 Å². The van der Waals surface area contributed by atoms with Crippen LogP contribution in [0.25, 0.3) is 0 Å². The monoisotopic (exact) mass is 269 g/mol. The van der Waals surface area contributed by atoms with Crippen molar-refractivity contribution in [3.05, 3.63) is 28.8 Å². The average molecular weight is 269 g/mol. The molecule has 0 aliphatic heterocycles. The Labute approximate surface area is 112 Å². The van der Waals surface area contributed by atoms with E-state index in [1.165, 1.54) is 13.2 Å². The highest BCUT2D eigenvalue weighted by Gasteiger charge is 2.38. The quantitative estimate of drug-likeness (QED) is 0.904. The van der Waals surface area contributed by atoms with Crippen molar-refractivity contribution in [2.24, 2.45) is 5.73 Å². The second kappa shape index (κ2) is 4.75. The lowest BCUT2D eigenvalue weighted by molar-refractivity contribution is 0.0147. The van der Waals surface area contributed by atoms with Gasteiger partial charge < -0.3 is 10.5 Å². The molecular formula is C15H21F2NO. The highest BCUT2D eigenvalue weighted by atomic mass is 19.3. The van der Waals surface area contributed by atoms with E-state index in [1.54, 1.807) is 0 Å². The van der Waals surface area contributed by atoms with Crippen LogP contribution < -0.4 is 10.5 Å². The van der Waals surface area contributed by atoms with Gasteiger partial charge in [-0.05, 0) is 25.8 Å². The first-order valence-corrected chi connectivity index (χ1v) is 6.64. The summed E-state index contributed by atoms with van der Waals surface area (Å²) in [5.41, 5.74) is 7.34. The smallest absolute Gasteiger partial charge is 0.274 e. The summed E-state index contributed by atoms with van der Waals surface area (Å²) in [6.45, 7) is 2.71. The predicted molar refractivity (Wildman–Crippen MR) is 71.6 cm³/mol. The minimum absolute atomic E-state index is 0.0678. The third kappa shape index (κ3) is 2.59. The van der Waals surface area contributed by atoms with Gasteiger partial charge in [0.05, 0.1) is 12.7 Å². The van der Waals surface area contributed by atoms with E-state index in [-0.39, 0.29) is 11.3 Å². The van der Waals surface area contributed by atoms with Gasteiger partial charge in [-0.3, -0.25) is 0 Å². The highest BCUT2D eigenvalue weighted by molar-refractivity contribution is 5.50. The zero-order chi connectivity index (χ0) is 14.3. The van der Waals surface area contributed by atoms with Crippen LogP contribution in [0.15, 0.2) is 12.1 Å². The van der Waals surface area contributed by atoms with Crippen LogP contribution >= 0.6 is 0 Å². The van der Waals surface area contributed by atoms with Gasteiger partial charge in [-0.15, -0.1) is 0 Å². The van der Waals surface area contributed by atoms with Gasteiger partial charge in [0.1, 0.15) is 5.75 Å². The SMILES string of the molecule is COc1c(C(C)(F)F)cc(C)cc1C1(N)CCCC1. The molecule has 106 valence electrons. The highest BCUT2D eigenvalue weighted by Crippen LogP contribution is 2.45. The van der Waals surface area contributed by atoms with Gasteiger partial charge in [0.25, 0.3) is 5.92 Å². The van der Waals surface area contributed by atoms with Gasteiger partial charge >= 0.3 is 0 Å². The van der Waals surface area contributed by atoms with Gasteiger partial charge in [-0.2, -0.15) is 0 Å². The van der Waals surface area contributed by atoms with Crippen LogP contribution in [0.2, 0.25) is 0 Å². The van der Waals surface area contributed by atoms with Crippen molar-refractivity contribution >= 4 is 0 Å². The number of hydrogen-bond acceptors (Lipinski definition) is 2. The van der Waals surface area contributed by atoms with Crippen molar-refractivity contribution in [3.63, 3.8) is 0 Å². The number of halogens is 2. The molecule has 19 heavy (non-hydrogen) atoms. The van der Waals surface area contributed by atoms with Crippen molar-refractivity contribution in [2.45, 2.75) is 51.0 Å². The maximum atomic E-state index is 13.8. The first-order chi connectivity index (χ1) is 8.78. The molecule has 0 atom stereocenters. The van der Waals surface area contributed by atoms with E-state index >= 15 is 0 Å². The summed E-state index contributed by atoms with van der Waals surface area (Å²) in [6.07, 6.45) is 3.71. The van der Waals surface area contributed by atoms with E-state index < -0.39 is 11.5 Å². The van der Waals surface area contributed by atoms with Crippen molar-refractivity contribution in [1.29, 1.82) is 0 Å². The van der Waals surface area contributed by atoms with Crippen LogP contribution in [-0.2, 0) is 11.5 Å².